The van der Waals surface area contributed by atoms with Gasteiger partial charge in [0.2, 0.25) is 10.0 Å². The highest BCUT2D eigenvalue weighted by atomic mass is 32.3. The first kappa shape index (κ1) is 24.1. The van der Waals surface area contributed by atoms with Crippen LogP contribution in [0.25, 0.3) is 0 Å². The summed E-state index contributed by atoms with van der Waals surface area (Å²) in [6, 6.07) is 6.66. The molecule has 1 aliphatic rings. The van der Waals surface area contributed by atoms with E-state index in [4.69, 9.17) is 5.14 Å². The Morgan fingerprint density at radius 3 is 2.66 bits per heavy atom. The van der Waals surface area contributed by atoms with Gasteiger partial charge in [0.15, 0.2) is 9.84 Å². The molecule has 1 aromatic heterocycles. The van der Waals surface area contributed by atoms with Gasteiger partial charge < -0.3 is 9.74 Å². The third-order valence-electron chi connectivity index (χ3n) is 5.17. The summed E-state index contributed by atoms with van der Waals surface area (Å²) in [6.07, 6.45) is 0.0832. The molecule has 2 atom stereocenters. The smallest absolute Gasteiger partial charge is 0.294 e. The standard InChI is InChI=1S/C18H21N3O8S3/c1-3-20(17(22)13-6-4-5-12(8-13)10-29-21(23)24)15-7-11(2)31(25,26)18-14(15)9-16(30-18)32(19,27)28/h4-6,8-9,11,15H,3,7,10H2,1-2H3,(H2,19,27,28)/t11?,15-/m0/s1. The predicted octanol–water partition coefficient (Wildman–Crippen LogP) is 1.87. The molecular weight excluding hydrogens is 482 g/mol. The van der Waals surface area contributed by atoms with Crippen molar-refractivity contribution < 1.29 is 31.6 Å². The summed E-state index contributed by atoms with van der Waals surface area (Å²) in [4.78, 5) is 29.5. The van der Waals surface area contributed by atoms with Crippen LogP contribution in [0.15, 0.2) is 38.8 Å². The Labute approximate surface area is 188 Å². The number of hydrogen-bond donors (Lipinski definition) is 1. The summed E-state index contributed by atoms with van der Waals surface area (Å²) in [6.45, 7) is 3.12. The summed E-state index contributed by atoms with van der Waals surface area (Å²) in [7, 11) is -7.90. The second-order valence-electron chi connectivity index (χ2n) is 7.25. The molecule has 11 nitrogen and oxygen atoms in total. The van der Waals surface area contributed by atoms with Crippen molar-refractivity contribution in [3.8, 4) is 0 Å². The van der Waals surface area contributed by atoms with Gasteiger partial charge >= 0.3 is 0 Å². The van der Waals surface area contributed by atoms with Crippen molar-refractivity contribution in [1.29, 1.82) is 0 Å². The van der Waals surface area contributed by atoms with Gasteiger partial charge in [-0.15, -0.1) is 21.5 Å². The zero-order chi connectivity index (χ0) is 23.8. The highest BCUT2D eigenvalue weighted by molar-refractivity contribution is 7.95. The lowest BCUT2D eigenvalue weighted by atomic mass is 10.0. The quantitative estimate of drug-likeness (QED) is 0.441. The molecule has 0 saturated carbocycles. The van der Waals surface area contributed by atoms with E-state index in [0.717, 1.165) is 0 Å². The average molecular weight is 504 g/mol. The molecule has 1 amide bonds. The summed E-state index contributed by atoms with van der Waals surface area (Å²) in [5.41, 5.74) is 0.872. The van der Waals surface area contributed by atoms with Crippen LogP contribution in [-0.2, 0) is 31.3 Å². The van der Waals surface area contributed by atoms with Gasteiger partial charge in [0.25, 0.3) is 11.0 Å². The van der Waals surface area contributed by atoms with E-state index in [0.29, 0.717) is 16.9 Å². The number of primary sulfonamides is 1. The van der Waals surface area contributed by atoms with Crippen LogP contribution in [0.4, 0.5) is 0 Å². The van der Waals surface area contributed by atoms with E-state index in [1.807, 2.05) is 0 Å². The summed E-state index contributed by atoms with van der Waals surface area (Å²) in [5, 5.41) is 13.9. The normalized spacial score (nSPS) is 19.7. The first-order valence-corrected chi connectivity index (χ1v) is 13.3. The van der Waals surface area contributed by atoms with Crippen molar-refractivity contribution in [3.63, 3.8) is 0 Å². The number of nitrogens with two attached hydrogens (primary N) is 1. The lowest BCUT2D eigenvalue weighted by molar-refractivity contribution is -0.763. The van der Waals surface area contributed by atoms with Crippen LogP contribution >= 0.6 is 11.3 Å². The van der Waals surface area contributed by atoms with Gasteiger partial charge in [0.05, 0.1) is 11.3 Å². The fraction of sp³-hybridized carbons (Fsp3) is 0.389. The zero-order valence-corrected chi connectivity index (χ0v) is 19.6. The van der Waals surface area contributed by atoms with E-state index in [1.165, 1.54) is 30.0 Å². The van der Waals surface area contributed by atoms with Gasteiger partial charge in [-0.05, 0) is 44.0 Å². The highest BCUT2D eigenvalue weighted by Gasteiger charge is 2.42. The number of hydrogen-bond acceptors (Lipinski definition) is 9. The Bertz CT molecular complexity index is 1270. The molecule has 1 aromatic carbocycles. The molecule has 1 aliphatic heterocycles. The van der Waals surface area contributed by atoms with E-state index >= 15 is 0 Å². The van der Waals surface area contributed by atoms with Gasteiger partial charge in [-0.2, -0.15) is 0 Å². The van der Waals surface area contributed by atoms with E-state index in [1.54, 1.807) is 19.1 Å². The Morgan fingerprint density at radius 1 is 1.38 bits per heavy atom. The highest BCUT2D eigenvalue weighted by Crippen LogP contribution is 2.45. The second kappa shape index (κ2) is 8.77. The first-order valence-electron chi connectivity index (χ1n) is 9.44. The molecule has 174 valence electrons. The monoisotopic (exact) mass is 503 g/mol. The van der Waals surface area contributed by atoms with Crippen molar-refractivity contribution in [2.75, 3.05) is 6.54 Å². The third kappa shape index (κ3) is 4.62. The van der Waals surface area contributed by atoms with Gasteiger partial charge in [-0.1, -0.05) is 12.1 Å². The first-order chi connectivity index (χ1) is 14.9. The maximum absolute atomic E-state index is 13.3. The van der Waals surface area contributed by atoms with Crippen molar-refractivity contribution >= 4 is 37.1 Å². The molecule has 14 heteroatoms. The van der Waals surface area contributed by atoms with E-state index in [9.17, 15) is 31.7 Å². The molecular formula is C18H21N3O8S3. The Morgan fingerprint density at radius 2 is 2.06 bits per heavy atom. The SMILES string of the molecule is CCN(C(=O)c1cccc(CO[N+](=O)[O-])c1)[C@H]1CC(C)S(=O)(=O)c2sc(S(N)(=O)=O)cc21. The van der Waals surface area contributed by atoms with Crippen LogP contribution in [-0.4, -0.2) is 44.5 Å². The summed E-state index contributed by atoms with van der Waals surface area (Å²) < 4.78 is 48.9. The lowest BCUT2D eigenvalue weighted by Crippen LogP contribution is -2.40. The number of amides is 1. The van der Waals surface area contributed by atoms with Gasteiger partial charge in [0.1, 0.15) is 15.0 Å². The van der Waals surface area contributed by atoms with Crippen LogP contribution in [0.2, 0.25) is 0 Å². The molecule has 0 spiro atoms. The van der Waals surface area contributed by atoms with Gasteiger partial charge in [-0.25, -0.2) is 22.0 Å². The largest absolute Gasteiger partial charge is 0.332 e. The molecule has 2 aromatic rings. The van der Waals surface area contributed by atoms with Gasteiger partial charge in [-0.3, -0.25) is 4.79 Å². The fourth-order valence-electron chi connectivity index (χ4n) is 3.60. The molecule has 32 heavy (non-hydrogen) atoms. The molecule has 0 radical (unpaired) electrons. The molecule has 3 rings (SSSR count). The van der Waals surface area contributed by atoms with Crippen molar-refractivity contribution in [3.05, 3.63) is 57.1 Å². The fourth-order valence-corrected chi connectivity index (χ4v) is 8.00. The number of carbonyl (C=O) groups excluding carboxylic acids is 1. The van der Waals surface area contributed by atoms with Crippen LogP contribution in [0.5, 0.6) is 0 Å². The number of carbonyl (C=O) groups is 1. The number of benzene rings is 1. The Kier molecular flexibility index (Phi) is 6.60. The molecule has 0 aliphatic carbocycles. The van der Waals surface area contributed by atoms with Crippen LogP contribution in [0.3, 0.4) is 0 Å². The van der Waals surface area contributed by atoms with E-state index in [2.05, 4.69) is 4.84 Å². The molecule has 0 bridgehead atoms. The lowest BCUT2D eigenvalue weighted by Gasteiger charge is -2.36. The minimum Gasteiger partial charge on any atom is -0.332 e. The third-order valence-corrected chi connectivity index (χ3v) is 10.5. The topological polar surface area (TPSA) is 167 Å². The minimum atomic E-state index is -4.13. The molecule has 2 N–H and O–H groups in total. The number of thiophene rings is 1. The van der Waals surface area contributed by atoms with Crippen LogP contribution < -0.4 is 5.14 Å². The van der Waals surface area contributed by atoms with E-state index < -0.39 is 42.1 Å². The van der Waals surface area contributed by atoms with Crippen molar-refractivity contribution in [1.82, 2.24) is 4.90 Å². The van der Waals surface area contributed by atoms with Gasteiger partial charge in [0, 0.05) is 17.7 Å². The van der Waals surface area contributed by atoms with Crippen LogP contribution in [0, 0.1) is 10.1 Å². The minimum absolute atomic E-state index is 0.0832. The maximum Gasteiger partial charge on any atom is 0.294 e. The average Bonchev–Trinajstić information content (AvgIpc) is 3.18. The number of sulfonamides is 1. The molecule has 0 saturated heterocycles. The van der Waals surface area contributed by atoms with Crippen molar-refractivity contribution in [2.45, 2.75) is 46.6 Å². The van der Waals surface area contributed by atoms with Crippen molar-refractivity contribution in [2.24, 2.45) is 5.14 Å². The number of rotatable bonds is 7. The van der Waals surface area contributed by atoms with Crippen LogP contribution in [0.1, 0.15) is 47.8 Å². The number of sulfone groups is 1. The Balaban J connectivity index is 2.02. The summed E-state index contributed by atoms with van der Waals surface area (Å²) in [5.74, 6) is -0.429. The van der Waals surface area contributed by atoms with E-state index in [-0.39, 0.29) is 39.1 Å². The molecule has 2 heterocycles. The molecule has 1 unspecified atom stereocenters. The maximum atomic E-state index is 13.3. The number of fused-ring (bicyclic) bond motifs is 1. The molecule has 0 fully saturated rings. The zero-order valence-electron chi connectivity index (χ0n) is 17.1. The predicted molar refractivity (Wildman–Crippen MR) is 115 cm³/mol. The summed E-state index contributed by atoms with van der Waals surface area (Å²) >= 11 is 0.585. The second-order valence-corrected chi connectivity index (χ2v) is 12.7. The number of nitrogens with zero attached hydrogens (tertiary/aromatic N) is 2. The Hall–Kier alpha value is -2.55.